The second-order valence-electron chi connectivity index (χ2n) is 11.4. The van der Waals surface area contributed by atoms with Crippen LogP contribution in [0.2, 0.25) is 0 Å². The zero-order valence-electron chi connectivity index (χ0n) is 21.1. The SMILES string of the molecule is CC(C)N(CC1[C@H]2CN(C(=O)OC(C)(C)C)C[C@@H]12)C1CC(Oc2ccc(C(=O)O)c(C(=O)O)c2)C1. The highest BCUT2D eigenvalue weighted by Gasteiger charge is 2.58. The van der Waals surface area contributed by atoms with Gasteiger partial charge in [-0.2, -0.15) is 0 Å². The summed E-state index contributed by atoms with van der Waals surface area (Å²) in [6, 6.07) is 4.87. The number of carbonyl (C=O) groups excluding carboxylic acids is 1. The normalized spacial score (nSPS) is 27.4. The molecule has 35 heavy (non-hydrogen) atoms. The van der Waals surface area contributed by atoms with Crippen LogP contribution in [0.3, 0.4) is 0 Å². The minimum atomic E-state index is -1.29. The van der Waals surface area contributed by atoms with Crippen molar-refractivity contribution < 1.29 is 34.1 Å². The van der Waals surface area contributed by atoms with Crippen LogP contribution < -0.4 is 4.74 Å². The van der Waals surface area contributed by atoms with E-state index in [1.54, 1.807) is 0 Å². The third-order valence-electron chi connectivity index (χ3n) is 7.40. The fraction of sp³-hybridized carbons (Fsp3) is 0.654. The van der Waals surface area contributed by atoms with E-state index in [0.717, 1.165) is 32.5 Å². The van der Waals surface area contributed by atoms with Crippen LogP contribution in [-0.4, -0.2) is 81.5 Å². The van der Waals surface area contributed by atoms with Gasteiger partial charge in [-0.15, -0.1) is 0 Å². The minimum absolute atomic E-state index is 0.0278. The number of piperidine rings is 1. The average molecular weight is 489 g/mol. The number of hydrogen-bond acceptors (Lipinski definition) is 6. The van der Waals surface area contributed by atoms with E-state index in [9.17, 15) is 24.6 Å². The summed E-state index contributed by atoms with van der Waals surface area (Å²) in [6.07, 6.45) is 1.44. The van der Waals surface area contributed by atoms with Gasteiger partial charge in [0.25, 0.3) is 0 Å². The second kappa shape index (κ2) is 9.33. The molecule has 9 heteroatoms. The van der Waals surface area contributed by atoms with Crippen molar-refractivity contribution >= 4 is 18.0 Å². The van der Waals surface area contributed by atoms with E-state index in [4.69, 9.17) is 9.47 Å². The van der Waals surface area contributed by atoms with Gasteiger partial charge < -0.3 is 24.6 Å². The minimum Gasteiger partial charge on any atom is -0.490 e. The van der Waals surface area contributed by atoms with Crippen LogP contribution in [0.1, 0.15) is 68.2 Å². The zero-order valence-corrected chi connectivity index (χ0v) is 21.1. The highest BCUT2D eigenvalue weighted by molar-refractivity contribution is 6.02. The fourth-order valence-electron chi connectivity index (χ4n) is 5.48. The summed E-state index contributed by atoms with van der Waals surface area (Å²) in [7, 11) is 0. The predicted octanol–water partition coefficient (Wildman–Crippen LogP) is 3.82. The molecule has 3 aliphatic rings. The van der Waals surface area contributed by atoms with E-state index >= 15 is 0 Å². The van der Waals surface area contributed by atoms with Crippen LogP contribution in [0.15, 0.2) is 18.2 Å². The predicted molar refractivity (Wildman–Crippen MR) is 128 cm³/mol. The molecule has 2 saturated carbocycles. The van der Waals surface area contributed by atoms with Gasteiger partial charge in [0.05, 0.1) is 11.1 Å². The molecule has 1 aromatic carbocycles. The largest absolute Gasteiger partial charge is 0.490 e. The van der Waals surface area contributed by atoms with Gasteiger partial charge >= 0.3 is 18.0 Å². The van der Waals surface area contributed by atoms with E-state index < -0.39 is 17.5 Å². The molecule has 9 nitrogen and oxygen atoms in total. The van der Waals surface area contributed by atoms with Crippen molar-refractivity contribution in [3.8, 4) is 5.75 Å². The number of fused-ring (bicyclic) bond motifs is 1. The number of benzene rings is 1. The molecule has 1 saturated heterocycles. The lowest BCUT2D eigenvalue weighted by Crippen LogP contribution is -2.52. The maximum atomic E-state index is 12.3. The molecule has 0 aromatic heterocycles. The first-order chi connectivity index (χ1) is 16.3. The summed E-state index contributed by atoms with van der Waals surface area (Å²) in [6.45, 7) is 12.6. The van der Waals surface area contributed by atoms with Crippen molar-refractivity contribution in [1.29, 1.82) is 0 Å². The third kappa shape index (κ3) is 5.55. The molecule has 0 radical (unpaired) electrons. The number of amides is 1. The van der Waals surface area contributed by atoms with Crippen molar-refractivity contribution in [1.82, 2.24) is 9.80 Å². The Kier molecular flexibility index (Phi) is 6.74. The van der Waals surface area contributed by atoms with Crippen molar-refractivity contribution in [3.63, 3.8) is 0 Å². The van der Waals surface area contributed by atoms with E-state index in [2.05, 4.69) is 18.7 Å². The second-order valence-corrected chi connectivity index (χ2v) is 11.4. The summed E-state index contributed by atoms with van der Waals surface area (Å²) in [5.41, 5.74) is -0.994. The first-order valence-corrected chi connectivity index (χ1v) is 12.3. The molecule has 1 unspecified atom stereocenters. The van der Waals surface area contributed by atoms with Gasteiger partial charge in [-0.05, 0) is 70.6 Å². The van der Waals surface area contributed by atoms with E-state index in [1.165, 1.54) is 18.2 Å². The molecule has 1 heterocycles. The number of carboxylic acid groups (broad SMARTS) is 2. The molecule has 0 bridgehead atoms. The lowest BCUT2D eigenvalue weighted by Gasteiger charge is -2.45. The lowest BCUT2D eigenvalue weighted by molar-refractivity contribution is -0.00312. The summed E-state index contributed by atoms with van der Waals surface area (Å²) >= 11 is 0. The standard InChI is InChI=1S/C26H36N2O7/c1-14(2)28(13-22-20-11-27(12-21(20)22)25(33)35-26(3,4)5)15-8-17(9-15)34-16-6-7-18(23(29)30)19(10-16)24(31)32/h6-7,10,14-15,17,20-22H,8-9,11-13H2,1-5H3,(H,29,30)(H,31,32)/t15?,17?,20-,21+,22?. The Morgan fingerprint density at radius 3 is 2.17 bits per heavy atom. The van der Waals surface area contributed by atoms with Gasteiger partial charge in [0.1, 0.15) is 17.5 Å². The van der Waals surface area contributed by atoms with Crippen molar-refractivity contribution in [2.24, 2.45) is 17.8 Å². The smallest absolute Gasteiger partial charge is 0.410 e. The molecule has 1 aromatic rings. The van der Waals surface area contributed by atoms with Crippen LogP contribution in [0.25, 0.3) is 0 Å². The van der Waals surface area contributed by atoms with E-state index in [-0.39, 0.29) is 23.3 Å². The van der Waals surface area contributed by atoms with Gasteiger partial charge in [-0.25, -0.2) is 14.4 Å². The van der Waals surface area contributed by atoms with Crippen LogP contribution in [-0.2, 0) is 4.74 Å². The number of rotatable bonds is 8. The molecule has 4 rings (SSSR count). The number of ether oxygens (including phenoxy) is 2. The quantitative estimate of drug-likeness (QED) is 0.567. The molecule has 1 amide bonds. The zero-order chi connectivity index (χ0) is 25.7. The Labute approximate surface area is 206 Å². The summed E-state index contributed by atoms with van der Waals surface area (Å²) in [5.74, 6) is -0.505. The number of carbonyl (C=O) groups is 3. The van der Waals surface area contributed by atoms with Gasteiger partial charge in [-0.3, -0.25) is 4.90 Å². The number of carboxylic acids is 2. The van der Waals surface area contributed by atoms with Crippen LogP contribution in [0, 0.1) is 17.8 Å². The third-order valence-corrected chi connectivity index (χ3v) is 7.40. The molecular formula is C26H36N2O7. The van der Waals surface area contributed by atoms with Crippen molar-refractivity contribution in [2.45, 2.75) is 71.2 Å². The number of aromatic carboxylic acids is 2. The molecule has 192 valence electrons. The first kappa shape index (κ1) is 25.3. The maximum Gasteiger partial charge on any atom is 0.410 e. The molecule has 2 aliphatic carbocycles. The Morgan fingerprint density at radius 1 is 1.06 bits per heavy atom. The Balaban J connectivity index is 1.27. The van der Waals surface area contributed by atoms with Crippen LogP contribution in [0.4, 0.5) is 4.79 Å². The van der Waals surface area contributed by atoms with Gasteiger partial charge in [-0.1, -0.05) is 0 Å². The van der Waals surface area contributed by atoms with Crippen LogP contribution >= 0.6 is 0 Å². The van der Waals surface area contributed by atoms with Crippen LogP contribution in [0.5, 0.6) is 5.75 Å². The molecule has 2 N–H and O–H groups in total. The lowest BCUT2D eigenvalue weighted by atomic mass is 9.86. The molecule has 0 spiro atoms. The maximum absolute atomic E-state index is 12.3. The van der Waals surface area contributed by atoms with E-state index in [0.29, 0.717) is 35.6 Å². The Morgan fingerprint density at radius 2 is 1.66 bits per heavy atom. The number of nitrogens with zero attached hydrogens (tertiary/aromatic N) is 2. The summed E-state index contributed by atoms with van der Waals surface area (Å²) in [5, 5.41) is 18.5. The average Bonchev–Trinajstić information content (AvgIpc) is 3.14. The first-order valence-electron chi connectivity index (χ1n) is 12.3. The fourth-order valence-corrected chi connectivity index (χ4v) is 5.48. The summed E-state index contributed by atoms with van der Waals surface area (Å²) < 4.78 is 11.5. The summed E-state index contributed by atoms with van der Waals surface area (Å²) in [4.78, 5) is 39.4. The highest BCUT2D eigenvalue weighted by atomic mass is 16.6. The van der Waals surface area contributed by atoms with Crippen molar-refractivity contribution in [3.05, 3.63) is 29.3 Å². The molecule has 3 atom stereocenters. The topological polar surface area (TPSA) is 117 Å². The monoisotopic (exact) mass is 488 g/mol. The Bertz CT molecular complexity index is 984. The van der Waals surface area contributed by atoms with Gasteiger partial charge in [0, 0.05) is 44.6 Å². The van der Waals surface area contributed by atoms with Gasteiger partial charge in [0.2, 0.25) is 0 Å². The molecule has 1 aliphatic heterocycles. The van der Waals surface area contributed by atoms with Gasteiger partial charge in [0.15, 0.2) is 0 Å². The molecule has 3 fully saturated rings. The number of likely N-dealkylation sites (tertiary alicyclic amines) is 1. The highest BCUT2D eigenvalue weighted by Crippen LogP contribution is 2.53. The Hall–Kier alpha value is -2.81. The molecular weight excluding hydrogens is 452 g/mol. The van der Waals surface area contributed by atoms with Crippen molar-refractivity contribution in [2.75, 3.05) is 19.6 Å². The number of hydrogen-bond donors (Lipinski definition) is 2. The van der Waals surface area contributed by atoms with E-state index in [1.807, 2.05) is 25.7 Å².